The molecule has 68 valence electrons. The number of carbonyl (C=O) groups is 1. The maximum atomic E-state index is 11.4. The second-order valence-corrected chi connectivity index (χ2v) is 2.03. The standard InChI is InChI=1S/C7H7F3O2/c1-5(2)6(11)12-4-3-7(8,9)10/h3-4H,1H2,2H3. The van der Waals surface area contributed by atoms with E-state index in [9.17, 15) is 18.0 Å². The third-order valence-electron chi connectivity index (χ3n) is 0.781. The van der Waals surface area contributed by atoms with Gasteiger partial charge in [-0.3, -0.25) is 0 Å². The minimum absolute atomic E-state index is 0.0434. The van der Waals surface area contributed by atoms with Crippen LogP contribution in [0.2, 0.25) is 0 Å². The first-order valence-electron chi connectivity index (χ1n) is 2.94. The predicted octanol–water partition coefficient (Wildman–Crippen LogP) is 2.18. The molecule has 0 saturated carbocycles. The molecule has 0 rings (SSSR count). The van der Waals surface area contributed by atoms with Gasteiger partial charge < -0.3 is 4.74 Å². The average molecular weight is 180 g/mol. The molecule has 0 aliphatic heterocycles. The van der Waals surface area contributed by atoms with Crippen molar-refractivity contribution >= 4 is 5.97 Å². The summed E-state index contributed by atoms with van der Waals surface area (Å²) in [5, 5.41) is 0. The van der Waals surface area contributed by atoms with Crippen LogP contribution >= 0.6 is 0 Å². The van der Waals surface area contributed by atoms with Crippen molar-refractivity contribution in [2.45, 2.75) is 13.1 Å². The van der Waals surface area contributed by atoms with Gasteiger partial charge in [-0.1, -0.05) is 6.58 Å². The first kappa shape index (κ1) is 10.7. The fourth-order valence-corrected chi connectivity index (χ4v) is 0.274. The molecule has 2 nitrogen and oxygen atoms in total. The third-order valence-corrected chi connectivity index (χ3v) is 0.781. The maximum absolute atomic E-state index is 11.4. The van der Waals surface area contributed by atoms with Crippen LogP contribution in [0, 0.1) is 0 Å². The van der Waals surface area contributed by atoms with Gasteiger partial charge in [-0.15, -0.1) is 0 Å². The van der Waals surface area contributed by atoms with Gasteiger partial charge in [0.05, 0.1) is 12.3 Å². The molecule has 0 amide bonds. The van der Waals surface area contributed by atoms with Gasteiger partial charge in [0.15, 0.2) is 0 Å². The van der Waals surface area contributed by atoms with Crippen molar-refractivity contribution < 1.29 is 22.7 Å². The number of hydrogen-bond donors (Lipinski definition) is 0. The Hall–Kier alpha value is -1.26. The summed E-state index contributed by atoms with van der Waals surface area (Å²) >= 11 is 0. The lowest BCUT2D eigenvalue weighted by Crippen LogP contribution is -2.04. The molecule has 0 unspecified atom stereocenters. The van der Waals surface area contributed by atoms with Crippen LogP contribution in [0.25, 0.3) is 0 Å². The molecule has 0 aromatic carbocycles. The minimum Gasteiger partial charge on any atom is -0.431 e. The van der Waals surface area contributed by atoms with Crippen molar-refractivity contribution in [3.05, 3.63) is 24.5 Å². The molecule has 0 fully saturated rings. The lowest BCUT2D eigenvalue weighted by atomic mass is 10.4. The van der Waals surface area contributed by atoms with Crippen LogP contribution in [-0.2, 0) is 9.53 Å². The van der Waals surface area contributed by atoms with Crippen LogP contribution in [0.1, 0.15) is 6.92 Å². The smallest absolute Gasteiger partial charge is 0.412 e. The zero-order chi connectivity index (χ0) is 9.78. The molecule has 12 heavy (non-hydrogen) atoms. The molecule has 0 bridgehead atoms. The zero-order valence-corrected chi connectivity index (χ0v) is 6.31. The van der Waals surface area contributed by atoms with Gasteiger partial charge in [-0.25, -0.2) is 4.79 Å². The van der Waals surface area contributed by atoms with E-state index >= 15 is 0 Å². The second kappa shape index (κ2) is 3.94. The van der Waals surface area contributed by atoms with Gasteiger partial charge in [-0.2, -0.15) is 13.2 Å². The summed E-state index contributed by atoms with van der Waals surface area (Å²) in [6.45, 7) is 4.52. The van der Waals surface area contributed by atoms with E-state index in [-0.39, 0.29) is 17.9 Å². The van der Waals surface area contributed by atoms with E-state index in [0.29, 0.717) is 0 Å². The quantitative estimate of drug-likeness (QED) is 0.370. The van der Waals surface area contributed by atoms with Crippen LogP contribution in [-0.4, -0.2) is 12.1 Å². The molecule has 5 heteroatoms. The van der Waals surface area contributed by atoms with E-state index in [1.165, 1.54) is 6.92 Å². The van der Waals surface area contributed by atoms with Crippen molar-refractivity contribution in [1.29, 1.82) is 0 Å². The normalized spacial score (nSPS) is 11.7. The number of carbonyl (C=O) groups excluding carboxylic acids is 1. The summed E-state index contributed by atoms with van der Waals surface area (Å²) in [4.78, 5) is 10.5. The summed E-state index contributed by atoms with van der Waals surface area (Å²) in [6.07, 6.45) is -4.35. The first-order chi connectivity index (χ1) is 5.33. The SMILES string of the molecule is C=C(C)C(=O)OC=CC(F)(F)F. The highest BCUT2D eigenvalue weighted by atomic mass is 19.4. The summed E-state index contributed by atoms with van der Waals surface area (Å²) < 4.78 is 38.3. The minimum atomic E-state index is -4.46. The molecule has 0 radical (unpaired) electrons. The number of alkyl halides is 3. The van der Waals surface area contributed by atoms with Crippen LogP contribution in [0.4, 0.5) is 13.2 Å². The molecule has 0 N–H and O–H groups in total. The molecular weight excluding hydrogens is 173 g/mol. The number of rotatable bonds is 2. The highest BCUT2D eigenvalue weighted by Gasteiger charge is 2.22. The van der Waals surface area contributed by atoms with E-state index in [1.54, 1.807) is 0 Å². The number of esters is 1. The monoisotopic (exact) mass is 180 g/mol. The topological polar surface area (TPSA) is 26.3 Å². The van der Waals surface area contributed by atoms with Crippen molar-refractivity contribution in [1.82, 2.24) is 0 Å². The third kappa shape index (κ3) is 5.52. The Morgan fingerprint density at radius 2 is 2.00 bits per heavy atom. The highest BCUT2D eigenvalue weighted by molar-refractivity contribution is 5.87. The van der Waals surface area contributed by atoms with Gasteiger partial charge in [0.25, 0.3) is 0 Å². The van der Waals surface area contributed by atoms with Gasteiger partial charge in [-0.05, 0) is 6.92 Å². The lowest BCUT2D eigenvalue weighted by molar-refractivity contribution is -0.133. The second-order valence-electron chi connectivity index (χ2n) is 2.03. The van der Waals surface area contributed by atoms with Gasteiger partial charge in [0.2, 0.25) is 0 Å². The van der Waals surface area contributed by atoms with Crippen LogP contribution < -0.4 is 0 Å². The van der Waals surface area contributed by atoms with E-state index < -0.39 is 12.1 Å². The zero-order valence-electron chi connectivity index (χ0n) is 6.31. The highest BCUT2D eigenvalue weighted by Crippen LogP contribution is 2.15. The number of halogens is 3. The molecule has 0 aliphatic carbocycles. The number of allylic oxidation sites excluding steroid dienone is 1. The molecule has 0 saturated heterocycles. The summed E-state index contributed by atoms with van der Waals surface area (Å²) in [5.41, 5.74) is 0.0434. The maximum Gasteiger partial charge on any atom is 0.412 e. The lowest BCUT2D eigenvalue weighted by Gasteiger charge is -1.98. The number of hydrogen-bond acceptors (Lipinski definition) is 2. The van der Waals surface area contributed by atoms with E-state index in [1.807, 2.05) is 0 Å². The molecule has 0 aromatic heterocycles. The summed E-state index contributed by atoms with van der Waals surface area (Å²) in [7, 11) is 0. The predicted molar refractivity (Wildman–Crippen MR) is 36.1 cm³/mol. The Kier molecular flexibility index (Phi) is 3.53. The molecule has 0 spiro atoms. The fourth-order valence-electron chi connectivity index (χ4n) is 0.274. The van der Waals surface area contributed by atoms with Crippen molar-refractivity contribution in [3.8, 4) is 0 Å². The Bertz CT molecular complexity index is 215. The molecule has 0 heterocycles. The van der Waals surface area contributed by atoms with Gasteiger partial charge in [0.1, 0.15) is 0 Å². The molecule has 0 aromatic rings. The van der Waals surface area contributed by atoms with Crippen molar-refractivity contribution in [3.63, 3.8) is 0 Å². The van der Waals surface area contributed by atoms with Crippen molar-refractivity contribution in [2.75, 3.05) is 0 Å². The number of ether oxygens (including phenoxy) is 1. The first-order valence-corrected chi connectivity index (χ1v) is 2.94. The Morgan fingerprint density at radius 3 is 2.33 bits per heavy atom. The van der Waals surface area contributed by atoms with Crippen LogP contribution in [0.3, 0.4) is 0 Å². The average Bonchev–Trinajstić information content (AvgIpc) is 1.84. The largest absolute Gasteiger partial charge is 0.431 e. The van der Waals surface area contributed by atoms with Crippen LogP contribution in [0.5, 0.6) is 0 Å². The van der Waals surface area contributed by atoms with Crippen molar-refractivity contribution in [2.24, 2.45) is 0 Å². The Balaban J connectivity index is 3.92. The van der Waals surface area contributed by atoms with Gasteiger partial charge in [0, 0.05) is 5.57 Å². The summed E-state index contributed by atoms with van der Waals surface area (Å²) in [5.74, 6) is -0.879. The van der Waals surface area contributed by atoms with Crippen LogP contribution in [0.15, 0.2) is 24.5 Å². The molecule has 0 atom stereocenters. The fraction of sp³-hybridized carbons (Fsp3) is 0.286. The van der Waals surface area contributed by atoms with E-state index in [4.69, 9.17) is 0 Å². The van der Waals surface area contributed by atoms with E-state index in [2.05, 4.69) is 11.3 Å². The Morgan fingerprint density at radius 1 is 1.50 bits per heavy atom. The summed E-state index contributed by atoms with van der Waals surface area (Å²) in [6, 6.07) is 0. The molecule has 0 aliphatic rings. The Labute approximate surface area is 67.3 Å². The van der Waals surface area contributed by atoms with E-state index in [0.717, 1.165) is 0 Å². The van der Waals surface area contributed by atoms with Gasteiger partial charge >= 0.3 is 12.1 Å². The molecular formula is C7H7F3O2.